The summed E-state index contributed by atoms with van der Waals surface area (Å²) in [4.78, 5) is 27.1. The second kappa shape index (κ2) is 5.38. The van der Waals surface area contributed by atoms with Gasteiger partial charge in [-0.15, -0.1) is 0 Å². The molecule has 3 aromatic rings. The van der Waals surface area contributed by atoms with Crippen LogP contribution in [0.4, 0.5) is 5.69 Å². The van der Waals surface area contributed by atoms with Crippen LogP contribution in [0.5, 0.6) is 0 Å². The van der Waals surface area contributed by atoms with Crippen molar-refractivity contribution >= 4 is 32.5 Å². The van der Waals surface area contributed by atoms with Gasteiger partial charge in [0.05, 0.1) is 16.8 Å². The third-order valence-corrected chi connectivity index (χ3v) is 5.19. The van der Waals surface area contributed by atoms with E-state index in [1.165, 1.54) is 12.3 Å². The average Bonchev–Trinajstić information content (AvgIpc) is 2.59. The summed E-state index contributed by atoms with van der Waals surface area (Å²) in [6.07, 6.45) is 1.30. The van der Waals surface area contributed by atoms with Gasteiger partial charge in [0.2, 0.25) is 5.56 Å². The molecule has 0 radical (unpaired) electrons. The minimum atomic E-state index is -4.66. The normalized spacial score (nSPS) is 12.7. The Morgan fingerprint density at radius 1 is 1.08 bits per heavy atom. The first kappa shape index (κ1) is 16.2. The lowest BCUT2D eigenvalue weighted by molar-refractivity contribution is 0.104. The quantitative estimate of drug-likeness (QED) is 0.479. The van der Waals surface area contributed by atoms with Crippen molar-refractivity contribution in [2.24, 2.45) is 0 Å². The maximum absolute atomic E-state index is 13.1. The van der Waals surface area contributed by atoms with E-state index in [1.54, 1.807) is 24.3 Å². The van der Waals surface area contributed by atoms with Crippen LogP contribution in [0.15, 0.2) is 58.9 Å². The van der Waals surface area contributed by atoms with Gasteiger partial charge in [0.15, 0.2) is 5.78 Å². The maximum Gasteiger partial charge on any atom is 0.296 e. The lowest BCUT2D eigenvalue weighted by atomic mass is 9.83. The molecule has 0 bridgehead atoms. The van der Waals surface area contributed by atoms with Crippen molar-refractivity contribution in [1.29, 1.82) is 0 Å². The molecule has 4 rings (SSSR count). The Labute approximate surface area is 147 Å². The first-order valence-electron chi connectivity index (χ1n) is 7.56. The van der Waals surface area contributed by atoms with E-state index in [9.17, 15) is 22.6 Å². The van der Waals surface area contributed by atoms with Crippen LogP contribution in [-0.4, -0.2) is 23.7 Å². The monoisotopic (exact) mass is 368 g/mol. The molecular formula is C18H12N2O5S. The largest absolute Gasteiger partial charge is 0.362 e. The number of aromatic amines is 1. The van der Waals surface area contributed by atoms with E-state index in [-0.39, 0.29) is 27.9 Å². The van der Waals surface area contributed by atoms with E-state index >= 15 is 0 Å². The molecule has 0 saturated heterocycles. The number of anilines is 1. The summed E-state index contributed by atoms with van der Waals surface area (Å²) in [7, 11) is -4.66. The number of pyridine rings is 1. The molecule has 0 amide bonds. The third-order valence-electron chi connectivity index (χ3n) is 4.31. The molecule has 7 nitrogen and oxygen atoms in total. The van der Waals surface area contributed by atoms with Crippen molar-refractivity contribution in [1.82, 2.24) is 4.98 Å². The number of ketones is 1. The molecule has 3 N–H and O–H groups in total. The Morgan fingerprint density at radius 3 is 2.42 bits per heavy atom. The molecule has 1 heterocycles. The van der Waals surface area contributed by atoms with Gasteiger partial charge in [-0.05, 0) is 23.4 Å². The summed E-state index contributed by atoms with van der Waals surface area (Å²) in [6, 6.07) is 9.18. The van der Waals surface area contributed by atoms with Crippen LogP contribution < -0.4 is 10.9 Å². The smallest absolute Gasteiger partial charge is 0.296 e. The first-order chi connectivity index (χ1) is 12.3. The summed E-state index contributed by atoms with van der Waals surface area (Å²) >= 11 is 0. The van der Waals surface area contributed by atoms with Crippen LogP contribution in [0.1, 0.15) is 15.9 Å². The van der Waals surface area contributed by atoms with E-state index in [0.29, 0.717) is 16.7 Å². The van der Waals surface area contributed by atoms with Crippen molar-refractivity contribution in [3.63, 3.8) is 0 Å². The number of carbonyl (C=O) groups is 1. The lowest BCUT2D eigenvalue weighted by Crippen LogP contribution is -2.18. The SMILES string of the molecule is C=CNc1cc(S(=O)(=O)O)c2[nH]c(=O)cc3c2c1C(=O)c1ccccc1-3. The van der Waals surface area contributed by atoms with E-state index in [4.69, 9.17) is 0 Å². The first-order valence-corrected chi connectivity index (χ1v) is 9.00. The standard InChI is InChI=1S/C18H12N2O5S/c1-2-19-12-8-13(26(23,24)25)17-15-11(7-14(21)20-17)9-5-3-4-6-10(9)18(22)16(12)15/h2-8,19H,1H2,(H,20,21)(H,23,24,25). The van der Waals surface area contributed by atoms with Crippen molar-refractivity contribution < 1.29 is 17.8 Å². The predicted octanol–water partition coefficient (Wildman–Crippen LogP) is 2.54. The minimum absolute atomic E-state index is 0.109. The lowest BCUT2D eigenvalue weighted by Gasteiger charge is -2.22. The Kier molecular flexibility index (Phi) is 3.36. The highest BCUT2D eigenvalue weighted by molar-refractivity contribution is 7.86. The number of fused-ring (bicyclic) bond motifs is 2. The van der Waals surface area contributed by atoms with Crippen LogP contribution in [0, 0.1) is 0 Å². The minimum Gasteiger partial charge on any atom is -0.362 e. The van der Waals surface area contributed by atoms with Gasteiger partial charge < -0.3 is 10.3 Å². The third kappa shape index (κ3) is 2.20. The number of rotatable bonds is 3. The van der Waals surface area contributed by atoms with E-state index in [2.05, 4.69) is 16.9 Å². The number of benzene rings is 2. The van der Waals surface area contributed by atoms with Crippen LogP contribution in [0.3, 0.4) is 0 Å². The van der Waals surface area contributed by atoms with Gasteiger partial charge in [-0.3, -0.25) is 14.1 Å². The summed E-state index contributed by atoms with van der Waals surface area (Å²) in [5, 5.41) is 3.00. The molecule has 0 spiro atoms. The highest BCUT2D eigenvalue weighted by Crippen LogP contribution is 2.42. The molecule has 1 aromatic heterocycles. The van der Waals surface area contributed by atoms with Gasteiger partial charge in [-0.25, -0.2) is 0 Å². The average molecular weight is 368 g/mol. The second-order valence-electron chi connectivity index (χ2n) is 5.79. The molecule has 8 heteroatoms. The van der Waals surface area contributed by atoms with E-state index in [0.717, 1.165) is 6.07 Å². The summed E-state index contributed by atoms with van der Waals surface area (Å²) in [6.45, 7) is 3.54. The number of aromatic nitrogens is 1. The molecule has 26 heavy (non-hydrogen) atoms. The molecule has 0 atom stereocenters. The van der Waals surface area contributed by atoms with Gasteiger partial charge in [0.1, 0.15) is 4.90 Å². The van der Waals surface area contributed by atoms with Crippen molar-refractivity contribution in [2.75, 3.05) is 5.32 Å². The number of hydrogen-bond acceptors (Lipinski definition) is 5. The molecule has 0 fully saturated rings. The van der Waals surface area contributed by atoms with Crippen molar-refractivity contribution in [3.05, 3.63) is 70.7 Å². The van der Waals surface area contributed by atoms with E-state index in [1.807, 2.05) is 0 Å². The fourth-order valence-corrected chi connectivity index (χ4v) is 4.02. The molecule has 0 saturated carbocycles. The molecule has 0 unspecified atom stereocenters. The van der Waals surface area contributed by atoms with Crippen LogP contribution in [-0.2, 0) is 10.1 Å². The fraction of sp³-hybridized carbons (Fsp3) is 0. The number of H-pyrrole nitrogens is 1. The fourth-order valence-electron chi connectivity index (χ4n) is 3.34. The zero-order chi connectivity index (χ0) is 18.6. The number of nitrogens with one attached hydrogen (secondary N) is 2. The molecule has 1 aliphatic carbocycles. The van der Waals surface area contributed by atoms with Gasteiger partial charge in [0.25, 0.3) is 10.1 Å². The van der Waals surface area contributed by atoms with Crippen molar-refractivity contribution in [3.8, 4) is 11.1 Å². The predicted molar refractivity (Wildman–Crippen MR) is 97.1 cm³/mol. The van der Waals surface area contributed by atoms with Gasteiger partial charge in [-0.1, -0.05) is 30.8 Å². The van der Waals surface area contributed by atoms with Crippen molar-refractivity contribution in [2.45, 2.75) is 4.90 Å². The molecule has 0 aliphatic heterocycles. The zero-order valence-corrected chi connectivity index (χ0v) is 14.1. The summed E-state index contributed by atoms with van der Waals surface area (Å²) in [5.41, 5.74) is 1.08. The second-order valence-corrected chi connectivity index (χ2v) is 7.18. The van der Waals surface area contributed by atoms with Crippen LogP contribution in [0.2, 0.25) is 0 Å². The molecule has 2 aromatic carbocycles. The Morgan fingerprint density at radius 2 is 1.77 bits per heavy atom. The molecule has 130 valence electrons. The van der Waals surface area contributed by atoms with Crippen LogP contribution >= 0.6 is 0 Å². The number of carbonyl (C=O) groups excluding carboxylic acids is 1. The molecule has 1 aliphatic rings. The topological polar surface area (TPSA) is 116 Å². The molecular weight excluding hydrogens is 356 g/mol. The maximum atomic E-state index is 13.1. The Bertz CT molecular complexity index is 1290. The highest BCUT2D eigenvalue weighted by Gasteiger charge is 2.31. The van der Waals surface area contributed by atoms with Gasteiger partial charge in [0, 0.05) is 17.0 Å². The van der Waals surface area contributed by atoms with Gasteiger partial charge >= 0.3 is 0 Å². The summed E-state index contributed by atoms with van der Waals surface area (Å²) in [5.74, 6) is -0.323. The van der Waals surface area contributed by atoms with Gasteiger partial charge in [-0.2, -0.15) is 8.42 Å². The van der Waals surface area contributed by atoms with E-state index < -0.39 is 20.6 Å². The Hall–Kier alpha value is -3.23. The van der Waals surface area contributed by atoms with Crippen LogP contribution in [0.25, 0.3) is 22.0 Å². The Balaban J connectivity index is 2.33. The summed E-state index contributed by atoms with van der Waals surface area (Å²) < 4.78 is 33.3. The highest BCUT2D eigenvalue weighted by atomic mass is 32.2. The number of hydrogen-bond donors (Lipinski definition) is 3. The zero-order valence-electron chi connectivity index (χ0n) is 13.2.